The van der Waals surface area contributed by atoms with Gasteiger partial charge in [0.2, 0.25) is 0 Å². The molecule has 0 aliphatic rings. The molecule has 0 aliphatic heterocycles. The lowest BCUT2D eigenvalue weighted by molar-refractivity contribution is 0.669. The van der Waals surface area contributed by atoms with Crippen LogP contribution in [0.15, 0.2) is 385 Å². The molecule has 0 aliphatic carbocycles. The molecule has 9 heterocycles. The summed E-state index contributed by atoms with van der Waals surface area (Å²) in [5, 5.41) is 18.7. The number of para-hydroxylation sites is 4. The van der Waals surface area contributed by atoms with E-state index >= 15 is 0 Å². The molecule has 10 nitrogen and oxygen atoms in total. The SMILES string of the molecule is c1ccc(-c2nc(-c3ccc(-c4cc5c(-c6ccccc6)nc6ccccc6c5c5c4oc4ccccc45)cc3)nc(-c3ccc4oc5ccccc5c4c3)n2)cc1.c1ccc(-c2nc3ccccc3c3c2cc(-c2ccc(-c4nc(-c5ccc6c(c5)sc5ccccc56)nc(-c5ccc6c(c5)sc5ccccc56)n4)cc2)c2sc4ccccc4c23)cc1. The molecule has 572 valence electrons. The first-order valence-electron chi connectivity index (χ1n) is 40.9. The van der Waals surface area contributed by atoms with E-state index in [1.165, 1.54) is 71.5 Å². The normalized spacial score (nSPS) is 11.9. The van der Waals surface area contributed by atoms with Crippen LogP contribution in [-0.4, -0.2) is 39.9 Å². The summed E-state index contributed by atoms with van der Waals surface area (Å²) >= 11 is 5.47. The van der Waals surface area contributed by atoms with Crippen molar-refractivity contribution in [3.8, 4) is 113 Å². The molecule has 0 fully saturated rings. The van der Waals surface area contributed by atoms with Crippen LogP contribution in [0.1, 0.15) is 0 Å². The summed E-state index contributed by atoms with van der Waals surface area (Å²) in [6, 6.07) is 132. The summed E-state index contributed by atoms with van der Waals surface area (Å²) in [5.41, 5.74) is 19.2. The first-order chi connectivity index (χ1) is 60.9. The van der Waals surface area contributed by atoms with Gasteiger partial charge in [-0.1, -0.05) is 291 Å². The third kappa shape index (κ3) is 11.9. The van der Waals surface area contributed by atoms with Gasteiger partial charge < -0.3 is 8.83 Å². The highest BCUT2D eigenvalue weighted by Crippen LogP contribution is 2.51. The topological polar surface area (TPSA) is 129 Å². The van der Waals surface area contributed by atoms with Crippen molar-refractivity contribution in [3.05, 3.63) is 376 Å². The van der Waals surface area contributed by atoms with Gasteiger partial charge in [-0.05, 0) is 96.1 Å². The van der Waals surface area contributed by atoms with E-state index in [1.807, 2.05) is 90.2 Å². The summed E-state index contributed by atoms with van der Waals surface area (Å²) in [6.45, 7) is 0. The second kappa shape index (κ2) is 28.5. The zero-order chi connectivity index (χ0) is 80.7. The second-order valence-corrected chi connectivity index (χ2v) is 34.3. The lowest BCUT2D eigenvalue weighted by Gasteiger charge is -2.15. The smallest absolute Gasteiger partial charge is 0.164 e. The van der Waals surface area contributed by atoms with E-state index in [2.05, 4.69) is 297 Å². The lowest BCUT2D eigenvalue weighted by Crippen LogP contribution is -2.00. The van der Waals surface area contributed by atoms with Crippen molar-refractivity contribution < 1.29 is 8.83 Å². The molecule has 0 atom stereocenters. The van der Waals surface area contributed by atoms with E-state index < -0.39 is 0 Å². The van der Waals surface area contributed by atoms with Gasteiger partial charge in [-0.15, -0.1) is 34.0 Å². The van der Waals surface area contributed by atoms with Crippen LogP contribution in [0, 0.1) is 0 Å². The minimum atomic E-state index is 0.585. The molecule has 26 rings (SSSR count). The van der Waals surface area contributed by atoms with Crippen molar-refractivity contribution >= 4 is 182 Å². The standard InChI is InChI=1S/C58H32N4S3.C52H30N4O2/c1-2-12-34(13-3-1)54-45-32-44(55-53(43-17-7-11-21-49(43)65-55)52(45)42-16-4-8-18-46(42)59-54)33-22-24-35(25-23-33)56-60-57(36-26-28-40-38-14-5-9-19-47(38)63-50(40)30-36)62-58(61-56)37-27-29-41-39-15-6-10-20-48(39)64-51(41)31-37;1-3-13-32(14-4-1)48-41-30-39(49-47(38-19-9-12-22-44(38)58-49)46(41)37-18-7-10-20-42(37)53-48)31-23-25-34(26-24-31)51-54-50(33-15-5-2-6-16-33)55-52(56-51)35-27-28-45-40(29-35)36-17-8-11-21-43(36)57-45/h1-32H;1-30H. The van der Waals surface area contributed by atoms with Gasteiger partial charge in [-0.25, -0.2) is 39.9 Å². The molecule has 0 saturated heterocycles. The molecular formula is C110H62N8O2S3. The molecule has 17 aromatic carbocycles. The first kappa shape index (κ1) is 70.4. The van der Waals surface area contributed by atoms with Crippen LogP contribution >= 0.6 is 34.0 Å². The first-order valence-corrected chi connectivity index (χ1v) is 43.4. The van der Waals surface area contributed by atoms with E-state index in [9.17, 15) is 0 Å². The molecule has 0 unspecified atom stereocenters. The van der Waals surface area contributed by atoms with Crippen LogP contribution in [0.2, 0.25) is 0 Å². The van der Waals surface area contributed by atoms with E-state index in [0.717, 1.165) is 154 Å². The molecule has 9 aromatic heterocycles. The van der Waals surface area contributed by atoms with Crippen LogP contribution in [0.4, 0.5) is 0 Å². The third-order valence-corrected chi connectivity index (χ3v) is 27.3. The Labute approximate surface area is 714 Å². The highest BCUT2D eigenvalue weighted by molar-refractivity contribution is 7.27. The van der Waals surface area contributed by atoms with Crippen LogP contribution < -0.4 is 0 Å². The van der Waals surface area contributed by atoms with E-state index in [-0.39, 0.29) is 0 Å². The predicted molar refractivity (Wildman–Crippen MR) is 513 cm³/mol. The maximum Gasteiger partial charge on any atom is 0.164 e. The van der Waals surface area contributed by atoms with Gasteiger partial charge in [0.05, 0.1) is 22.4 Å². The Morgan fingerprint density at radius 1 is 0.179 bits per heavy atom. The number of furan rings is 2. The largest absolute Gasteiger partial charge is 0.456 e. The molecule has 26 aromatic rings. The average Bonchev–Trinajstić information content (AvgIpc) is 1.54. The van der Waals surface area contributed by atoms with Gasteiger partial charge in [0, 0.05) is 170 Å². The van der Waals surface area contributed by atoms with Crippen LogP contribution in [0.3, 0.4) is 0 Å². The number of pyridine rings is 2. The Morgan fingerprint density at radius 2 is 0.528 bits per heavy atom. The Bertz CT molecular complexity index is 8690. The fourth-order valence-corrected chi connectivity index (χ4v) is 21.6. The molecule has 0 bridgehead atoms. The number of aromatic nitrogens is 8. The van der Waals surface area contributed by atoms with Gasteiger partial charge >= 0.3 is 0 Å². The molecule has 0 spiro atoms. The Morgan fingerprint density at radius 3 is 1.06 bits per heavy atom. The van der Waals surface area contributed by atoms with Crippen molar-refractivity contribution in [2.24, 2.45) is 0 Å². The molecule has 0 N–H and O–H groups in total. The molecule has 13 heteroatoms. The fourth-order valence-electron chi connectivity index (χ4n) is 18.0. The highest BCUT2D eigenvalue weighted by atomic mass is 32.1. The molecule has 0 saturated carbocycles. The van der Waals surface area contributed by atoms with Gasteiger partial charge in [-0.3, -0.25) is 0 Å². The molecule has 123 heavy (non-hydrogen) atoms. The van der Waals surface area contributed by atoms with E-state index in [4.69, 9.17) is 48.7 Å². The number of hydrogen-bond donors (Lipinski definition) is 0. The quantitative estimate of drug-likeness (QED) is 0.122. The summed E-state index contributed by atoms with van der Waals surface area (Å²) < 4.78 is 20.4. The van der Waals surface area contributed by atoms with Crippen molar-refractivity contribution in [2.45, 2.75) is 0 Å². The number of rotatable bonds is 10. The number of thiophene rings is 3. The monoisotopic (exact) mass is 1620 g/mol. The second-order valence-electron chi connectivity index (χ2n) is 31.0. The van der Waals surface area contributed by atoms with Crippen LogP contribution in [0.5, 0.6) is 0 Å². The Hall–Kier alpha value is -15.6. The summed E-state index contributed by atoms with van der Waals surface area (Å²) in [6.07, 6.45) is 0. The maximum absolute atomic E-state index is 6.78. The highest BCUT2D eigenvalue weighted by Gasteiger charge is 2.26. The molecule has 0 amide bonds. The zero-order valence-electron chi connectivity index (χ0n) is 65.4. The third-order valence-electron chi connectivity index (χ3n) is 23.8. The number of hydrogen-bond acceptors (Lipinski definition) is 13. The Kier molecular flexibility index (Phi) is 16.3. The average molecular weight is 1620 g/mol. The van der Waals surface area contributed by atoms with Crippen LogP contribution in [0.25, 0.3) is 261 Å². The Balaban J connectivity index is 0.000000136. The van der Waals surface area contributed by atoms with Crippen molar-refractivity contribution in [2.75, 3.05) is 0 Å². The zero-order valence-corrected chi connectivity index (χ0v) is 67.9. The number of fused-ring (bicyclic) bond motifs is 23. The minimum Gasteiger partial charge on any atom is -0.456 e. The van der Waals surface area contributed by atoms with Crippen molar-refractivity contribution in [3.63, 3.8) is 0 Å². The number of benzene rings is 17. The van der Waals surface area contributed by atoms with Gasteiger partial charge in [0.15, 0.2) is 34.9 Å². The van der Waals surface area contributed by atoms with E-state index in [0.29, 0.717) is 34.9 Å². The maximum atomic E-state index is 6.78. The summed E-state index contributed by atoms with van der Waals surface area (Å²) in [4.78, 5) is 41.4. The van der Waals surface area contributed by atoms with Gasteiger partial charge in [0.25, 0.3) is 0 Å². The number of nitrogens with zero attached hydrogens (tertiary/aromatic N) is 8. The van der Waals surface area contributed by atoms with Crippen molar-refractivity contribution in [1.29, 1.82) is 0 Å². The fraction of sp³-hybridized carbons (Fsp3) is 0. The predicted octanol–water partition coefficient (Wildman–Crippen LogP) is 30.7. The minimum absolute atomic E-state index is 0.585. The molecular weight excluding hydrogens is 1560 g/mol. The molecule has 0 radical (unpaired) electrons. The summed E-state index contributed by atoms with van der Waals surface area (Å²) in [5.74, 6) is 3.72. The van der Waals surface area contributed by atoms with E-state index in [1.54, 1.807) is 22.7 Å². The lowest BCUT2D eigenvalue weighted by atomic mass is 9.91. The van der Waals surface area contributed by atoms with Gasteiger partial charge in [0.1, 0.15) is 22.3 Å². The van der Waals surface area contributed by atoms with Crippen molar-refractivity contribution in [1.82, 2.24) is 39.9 Å². The van der Waals surface area contributed by atoms with Gasteiger partial charge in [-0.2, -0.15) is 0 Å². The summed E-state index contributed by atoms with van der Waals surface area (Å²) in [7, 11) is 0. The van der Waals surface area contributed by atoms with Crippen LogP contribution in [-0.2, 0) is 0 Å².